The van der Waals surface area contributed by atoms with Crippen LogP contribution in [0.25, 0.3) is 0 Å². The molecule has 0 aromatic heterocycles. The summed E-state index contributed by atoms with van der Waals surface area (Å²) in [6, 6.07) is 6.62. The lowest BCUT2D eigenvalue weighted by Gasteiger charge is -2.36. The Morgan fingerprint density at radius 2 is 1.73 bits per heavy atom. The summed E-state index contributed by atoms with van der Waals surface area (Å²) >= 11 is 0. The third-order valence-corrected chi connectivity index (χ3v) is 8.27. The van der Waals surface area contributed by atoms with E-state index in [1.54, 1.807) is 38.1 Å². The van der Waals surface area contributed by atoms with Gasteiger partial charge in [0.2, 0.25) is 11.8 Å². The topological polar surface area (TPSA) is 102 Å². The largest absolute Gasteiger partial charge is 0.416 e. The molecule has 2 aliphatic heterocycles. The number of benzene rings is 2. The fraction of sp³-hybridized carbons (Fsp3) is 0.483. The van der Waals surface area contributed by atoms with Gasteiger partial charge in [-0.25, -0.2) is 4.39 Å². The second kappa shape index (κ2) is 10.8. The summed E-state index contributed by atoms with van der Waals surface area (Å²) in [5.41, 5.74) is 4.15. The lowest BCUT2D eigenvalue weighted by Crippen LogP contribution is -2.51. The van der Waals surface area contributed by atoms with Crippen molar-refractivity contribution < 1.29 is 36.7 Å². The molecule has 0 radical (unpaired) electrons. The van der Waals surface area contributed by atoms with Gasteiger partial charge in [0.05, 0.1) is 30.2 Å². The number of ether oxygens (including phenoxy) is 1. The molecule has 3 N–H and O–H groups in total. The first-order chi connectivity index (χ1) is 18.6. The fourth-order valence-electron chi connectivity index (χ4n) is 5.21. The Kier molecular flexibility index (Phi) is 7.99. The highest BCUT2D eigenvalue weighted by Crippen LogP contribution is 2.36. The molecule has 2 aromatic carbocycles. The molecule has 2 heterocycles. The van der Waals surface area contributed by atoms with Gasteiger partial charge in [0, 0.05) is 23.1 Å². The Labute approximate surface area is 230 Å². The van der Waals surface area contributed by atoms with Crippen LogP contribution in [0.1, 0.15) is 67.2 Å². The standard InChI is InChI=1S/C29H33F4N3O4/c1-15-10-23(36(16(15)2)26(38)17-6-5-7-19(11-17)28(3,4)27(34)39)25(37)35-24(18-13-40-14-18)21-9-8-20(12-22(21)30)29(31,32)33/h5-9,11-12,15-16,18,23-24H,10,13-14H2,1-4H3,(H2,34,39)(H,35,37)/t15-,16-,23-,24-/m1/s1. The second-order valence-corrected chi connectivity index (χ2v) is 11.3. The van der Waals surface area contributed by atoms with Gasteiger partial charge in [0.1, 0.15) is 11.9 Å². The van der Waals surface area contributed by atoms with Crippen LogP contribution in [0.2, 0.25) is 0 Å². The van der Waals surface area contributed by atoms with E-state index in [2.05, 4.69) is 5.32 Å². The van der Waals surface area contributed by atoms with Gasteiger partial charge in [-0.15, -0.1) is 0 Å². The van der Waals surface area contributed by atoms with Crippen LogP contribution in [0.5, 0.6) is 0 Å². The maximum absolute atomic E-state index is 14.9. The van der Waals surface area contributed by atoms with Gasteiger partial charge in [0.25, 0.3) is 5.91 Å². The van der Waals surface area contributed by atoms with Crippen LogP contribution < -0.4 is 11.1 Å². The number of hydrogen-bond donors (Lipinski definition) is 2. The minimum atomic E-state index is -4.71. The molecule has 40 heavy (non-hydrogen) atoms. The quantitative estimate of drug-likeness (QED) is 0.489. The van der Waals surface area contributed by atoms with Crippen LogP contribution in [0, 0.1) is 17.7 Å². The molecule has 2 saturated heterocycles. The van der Waals surface area contributed by atoms with E-state index in [9.17, 15) is 31.9 Å². The average molecular weight is 564 g/mol. The summed E-state index contributed by atoms with van der Waals surface area (Å²) in [7, 11) is 0. The maximum Gasteiger partial charge on any atom is 0.416 e. The molecule has 216 valence electrons. The molecule has 4 rings (SSSR count). The van der Waals surface area contributed by atoms with Crippen molar-refractivity contribution in [2.45, 2.75) is 63.8 Å². The molecular formula is C29H33F4N3O4. The van der Waals surface area contributed by atoms with Crippen LogP contribution >= 0.6 is 0 Å². The molecule has 11 heteroatoms. The van der Waals surface area contributed by atoms with Gasteiger partial charge in [-0.05, 0) is 62.9 Å². The van der Waals surface area contributed by atoms with Gasteiger partial charge >= 0.3 is 6.18 Å². The third-order valence-electron chi connectivity index (χ3n) is 8.27. The van der Waals surface area contributed by atoms with Gasteiger partial charge in [-0.3, -0.25) is 14.4 Å². The SMILES string of the molecule is C[C@@H]1C[C@H](C(=O)N[C@@H](c2ccc(C(F)(F)F)cc2F)C2COC2)N(C(=O)c2cccc(C(C)(C)C(N)=O)c2)[C@@H]1C. The van der Waals surface area contributed by atoms with Gasteiger partial charge in [-0.2, -0.15) is 13.2 Å². The van der Waals surface area contributed by atoms with Gasteiger partial charge in [0.15, 0.2) is 0 Å². The summed E-state index contributed by atoms with van der Waals surface area (Å²) < 4.78 is 59.4. The predicted molar refractivity (Wildman–Crippen MR) is 138 cm³/mol. The molecule has 3 amide bonds. The van der Waals surface area contributed by atoms with Crippen LogP contribution in [-0.4, -0.2) is 47.9 Å². The molecule has 0 spiro atoms. The Hall–Kier alpha value is -3.47. The minimum Gasteiger partial charge on any atom is -0.381 e. The number of nitrogens with one attached hydrogen (secondary N) is 1. The van der Waals surface area contributed by atoms with Crippen molar-refractivity contribution in [1.82, 2.24) is 10.2 Å². The molecule has 7 nitrogen and oxygen atoms in total. The number of alkyl halides is 3. The summed E-state index contributed by atoms with van der Waals surface area (Å²) in [6.07, 6.45) is -4.37. The van der Waals surface area contributed by atoms with E-state index in [4.69, 9.17) is 10.5 Å². The molecule has 0 aliphatic carbocycles. The van der Waals surface area contributed by atoms with Crippen molar-refractivity contribution in [1.29, 1.82) is 0 Å². The number of hydrogen-bond acceptors (Lipinski definition) is 4. The zero-order chi connectivity index (χ0) is 29.6. The van der Waals surface area contributed by atoms with E-state index >= 15 is 0 Å². The van der Waals surface area contributed by atoms with Crippen molar-refractivity contribution in [2.75, 3.05) is 13.2 Å². The van der Waals surface area contributed by atoms with Crippen LogP contribution in [-0.2, 0) is 25.9 Å². The lowest BCUT2D eigenvalue weighted by atomic mass is 9.83. The van der Waals surface area contributed by atoms with Gasteiger partial charge in [-0.1, -0.05) is 25.1 Å². The van der Waals surface area contributed by atoms with E-state index in [1.807, 2.05) is 13.8 Å². The highest BCUT2D eigenvalue weighted by Gasteiger charge is 2.45. The zero-order valence-corrected chi connectivity index (χ0v) is 22.7. The summed E-state index contributed by atoms with van der Waals surface area (Å²) in [4.78, 5) is 40.9. The molecule has 2 aliphatic rings. The number of primary amides is 1. The Morgan fingerprint density at radius 3 is 2.27 bits per heavy atom. The molecule has 0 bridgehead atoms. The summed E-state index contributed by atoms with van der Waals surface area (Å²) in [6.45, 7) is 7.46. The molecule has 0 unspecified atom stereocenters. The van der Waals surface area contributed by atoms with Crippen molar-refractivity contribution >= 4 is 17.7 Å². The average Bonchev–Trinajstić information content (AvgIpc) is 3.15. The maximum atomic E-state index is 14.9. The first kappa shape index (κ1) is 29.5. The predicted octanol–water partition coefficient (Wildman–Crippen LogP) is 4.35. The molecule has 2 fully saturated rings. The van der Waals surface area contributed by atoms with E-state index in [0.29, 0.717) is 18.1 Å². The van der Waals surface area contributed by atoms with Crippen LogP contribution in [0.3, 0.4) is 0 Å². The van der Waals surface area contributed by atoms with Crippen LogP contribution in [0.15, 0.2) is 42.5 Å². The third kappa shape index (κ3) is 5.56. The summed E-state index contributed by atoms with van der Waals surface area (Å²) in [5, 5.41) is 2.81. The molecular weight excluding hydrogens is 530 g/mol. The van der Waals surface area contributed by atoms with E-state index in [-0.39, 0.29) is 42.2 Å². The molecule has 0 saturated carbocycles. The fourth-order valence-corrected chi connectivity index (χ4v) is 5.21. The number of rotatable bonds is 7. The highest BCUT2D eigenvalue weighted by molar-refractivity contribution is 5.99. The Balaban J connectivity index is 1.62. The second-order valence-electron chi connectivity index (χ2n) is 11.3. The number of carbonyl (C=O) groups excluding carboxylic acids is 3. The Morgan fingerprint density at radius 1 is 1.05 bits per heavy atom. The van der Waals surface area contributed by atoms with Crippen molar-refractivity contribution in [3.8, 4) is 0 Å². The zero-order valence-electron chi connectivity index (χ0n) is 22.7. The normalized spacial score (nSPS) is 22.5. The monoisotopic (exact) mass is 563 g/mol. The number of likely N-dealkylation sites (tertiary alicyclic amines) is 1. The first-order valence-corrected chi connectivity index (χ1v) is 13.1. The van der Waals surface area contributed by atoms with Crippen LogP contribution in [0.4, 0.5) is 17.6 Å². The smallest absolute Gasteiger partial charge is 0.381 e. The van der Waals surface area contributed by atoms with Crippen molar-refractivity contribution in [2.24, 2.45) is 17.6 Å². The number of amides is 3. The summed E-state index contributed by atoms with van der Waals surface area (Å²) in [5.74, 6) is -2.97. The van der Waals surface area contributed by atoms with Crippen molar-refractivity contribution in [3.05, 3.63) is 70.5 Å². The van der Waals surface area contributed by atoms with E-state index in [0.717, 1.165) is 12.1 Å². The number of nitrogens with two attached hydrogens (primary N) is 1. The van der Waals surface area contributed by atoms with E-state index < -0.39 is 52.8 Å². The first-order valence-electron chi connectivity index (χ1n) is 13.1. The van der Waals surface area contributed by atoms with Crippen molar-refractivity contribution in [3.63, 3.8) is 0 Å². The van der Waals surface area contributed by atoms with E-state index in [1.165, 1.54) is 4.90 Å². The van der Waals surface area contributed by atoms with Gasteiger partial charge < -0.3 is 20.7 Å². The lowest BCUT2D eigenvalue weighted by molar-refractivity contribution is -0.138. The molecule has 4 atom stereocenters. The highest BCUT2D eigenvalue weighted by atomic mass is 19.4. The number of halogens is 4. The number of carbonyl (C=O) groups is 3. The number of nitrogens with zero attached hydrogens (tertiary/aromatic N) is 1. The Bertz CT molecular complexity index is 1310. The minimum absolute atomic E-state index is 0.0433. The molecule has 2 aromatic rings.